The third-order valence-corrected chi connectivity index (χ3v) is 1.75. The van der Waals surface area contributed by atoms with Crippen molar-refractivity contribution in [3.05, 3.63) is 18.3 Å². The number of aromatic nitrogens is 2. The zero-order chi connectivity index (χ0) is 9.73. The molecule has 0 saturated carbocycles. The Morgan fingerprint density at radius 3 is 2.69 bits per heavy atom. The van der Waals surface area contributed by atoms with Gasteiger partial charge in [0.2, 0.25) is 0 Å². The van der Waals surface area contributed by atoms with Crippen molar-refractivity contribution in [1.82, 2.24) is 10.2 Å². The smallest absolute Gasteiger partial charge is 0.148 e. The van der Waals surface area contributed by atoms with Crippen molar-refractivity contribution in [3.63, 3.8) is 0 Å². The molecule has 1 aromatic heterocycles. The minimum absolute atomic E-state index is 0.370. The van der Waals surface area contributed by atoms with E-state index in [1.165, 1.54) is 0 Å². The lowest BCUT2D eigenvalue weighted by Gasteiger charge is -2.17. The number of rotatable bonds is 3. The first-order valence-corrected chi connectivity index (χ1v) is 4.59. The number of anilines is 1. The molecule has 0 aliphatic heterocycles. The Morgan fingerprint density at radius 1 is 1.38 bits per heavy atom. The minimum Gasteiger partial charge on any atom is -0.369 e. The Balaban J connectivity index is 2.29. The Bertz CT molecular complexity index is 238. The predicted octanol–water partition coefficient (Wildman–Crippen LogP) is 2.32. The monoisotopic (exact) mass is 179 g/mol. The topological polar surface area (TPSA) is 37.8 Å². The summed E-state index contributed by atoms with van der Waals surface area (Å²) in [6.07, 6.45) is 2.80. The van der Waals surface area contributed by atoms with Gasteiger partial charge in [-0.25, -0.2) is 0 Å². The van der Waals surface area contributed by atoms with Crippen molar-refractivity contribution in [2.75, 3.05) is 11.9 Å². The fourth-order valence-electron chi connectivity index (χ4n) is 0.961. The molecule has 0 atom stereocenters. The molecule has 1 heterocycles. The maximum atomic E-state index is 3.94. The van der Waals surface area contributed by atoms with Crippen LogP contribution in [-0.4, -0.2) is 16.7 Å². The van der Waals surface area contributed by atoms with E-state index in [2.05, 4.69) is 36.3 Å². The number of nitrogens with zero attached hydrogens (tertiary/aromatic N) is 2. The van der Waals surface area contributed by atoms with Crippen LogP contribution in [0, 0.1) is 5.41 Å². The summed E-state index contributed by atoms with van der Waals surface area (Å²) in [6.45, 7) is 7.63. The number of hydrogen-bond donors (Lipinski definition) is 1. The molecule has 0 spiro atoms. The summed E-state index contributed by atoms with van der Waals surface area (Å²) in [6, 6.07) is 3.81. The lowest BCUT2D eigenvalue weighted by atomic mass is 9.92. The van der Waals surface area contributed by atoms with E-state index in [1.807, 2.05) is 12.1 Å². The van der Waals surface area contributed by atoms with Crippen LogP contribution in [0.1, 0.15) is 27.2 Å². The van der Waals surface area contributed by atoms with E-state index >= 15 is 0 Å². The first-order chi connectivity index (χ1) is 6.08. The van der Waals surface area contributed by atoms with Crippen molar-refractivity contribution >= 4 is 5.82 Å². The molecule has 3 nitrogen and oxygen atoms in total. The van der Waals surface area contributed by atoms with Crippen molar-refractivity contribution in [3.8, 4) is 0 Å². The van der Waals surface area contributed by atoms with Gasteiger partial charge >= 0.3 is 0 Å². The second kappa shape index (κ2) is 4.21. The van der Waals surface area contributed by atoms with Crippen molar-refractivity contribution in [2.45, 2.75) is 27.2 Å². The van der Waals surface area contributed by atoms with Gasteiger partial charge in [-0.1, -0.05) is 20.8 Å². The minimum atomic E-state index is 0.370. The SMILES string of the molecule is CC(C)(C)CCNc1cccnn1. The number of nitrogens with one attached hydrogen (secondary N) is 1. The third kappa shape index (κ3) is 4.45. The van der Waals surface area contributed by atoms with Gasteiger partial charge in [-0.05, 0) is 24.0 Å². The van der Waals surface area contributed by atoms with Crippen LogP contribution in [0.15, 0.2) is 18.3 Å². The molecule has 1 aromatic rings. The fourth-order valence-corrected chi connectivity index (χ4v) is 0.961. The average Bonchev–Trinajstić information content (AvgIpc) is 2.04. The summed E-state index contributed by atoms with van der Waals surface area (Å²) in [4.78, 5) is 0. The molecule has 0 fully saturated rings. The summed E-state index contributed by atoms with van der Waals surface area (Å²) >= 11 is 0. The maximum Gasteiger partial charge on any atom is 0.148 e. The van der Waals surface area contributed by atoms with Gasteiger partial charge in [0.1, 0.15) is 5.82 Å². The summed E-state index contributed by atoms with van der Waals surface area (Å²) in [7, 11) is 0. The Hall–Kier alpha value is -1.12. The van der Waals surface area contributed by atoms with Crippen molar-refractivity contribution in [1.29, 1.82) is 0 Å². The molecular weight excluding hydrogens is 162 g/mol. The molecule has 0 bridgehead atoms. The van der Waals surface area contributed by atoms with E-state index in [9.17, 15) is 0 Å². The quantitative estimate of drug-likeness (QED) is 0.773. The molecule has 1 rings (SSSR count). The average molecular weight is 179 g/mol. The first-order valence-electron chi connectivity index (χ1n) is 4.59. The van der Waals surface area contributed by atoms with Crippen LogP contribution < -0.4 is 5.32 Å². The van der Waals surface area contributed by atoms with Gasteiger partial charge in [0.05, 0.1) is 0 Å². The molecule has 1 N–H and O–H groups in total. The second-order valence-corrected chi connectivity index (χ2v) is 4.35. The normalized spacial score (nSPS) is 11.3. The highest BCUT2D eigenvalue weighted by atomic mass is 15.2. The Kier molecular flexibility index (Phi) is 3.23. The lowest BCUT2D eigenvalue weighted by Crippen LogP contribution is -2.13. The van der Waals surface area contributed by atoms with Crippen LogP contribution in [0.5, 0.6) is 0 Å². The first kappa shape index (κ1) is 9.96. The summed E-state index contributed by atoms with van der Waals surface area (Å²) < 4.78 is 0. The van der Waals surface area contributed by atoms with Crippen LogP contribution in [0.4, 0.5) is 5.82 Å². The van der Waals surface area contributed by atoms with Crippen LogP contribution in [0.2, 0.25) is 0 Å². The third-order valence-electron chi connectivity index (χ3n) is 1.75. The Morgan fingerprint density at radius 2 is 2.15 bits per heavy atom. The zero-order valence-corrected chi connectivity index (χ0v) is 8.54. The summed E-state index contributed by atoms with van der Waals surface area (Å²) in [5.74, 6) is 0.853. The number of hydrogen-bond acceptors (Lipinski definition) is 3. The van der Waals surface area contributed by atoms with Crippen LogP contribution in [0.3, 0.4) is 0 Å². The molecule has 0 radical (unpaired) electrons. The predicted molar refractivity (Wildman–Crippen MR) is 54.6 cm³/mol. The van der Waals surface area contributed by atoms with E-state index < -0.39 is 0 Å². The standard InChI is InChI=1S/C10H17N3/c1-10(2,3)6-8-11-9-5-4-7-12-13-9/h4-5,7H,6,8H2,1-3H3,(H,11,13). The van der Waals surface area contributed by atoms with E-state index in [0.717, 1.165) is 18.8 Å². The molecule has 0 aromatic carbocycles. The van der Waals surface area contributed by atoms with Gasteiger partial charge in [0.15, 0.2) is 0 Å². The van der Waals surface area contributed by atoms with Gasteiger partial charge in [-0.3, -0.25) is 0 Å². The van der Waals surface area contributed by atoms with Crippen LogP contribution in [0.25, 0.3) is 0 Å². The molecule has 0 amide bonds. The second-order valence-electron chi connectivity index (χ2n) is 4.35. The molecule has 72 valence electrons. The van der Waals surface area contributed by atoms with E-state index in [4.69, 9.17) is 0 Å². The zero-order valence-electron chi connectivity index (χ0n) is 8.54. The molecule has 0 unspecified atom stereocenters. The van der Waals surface area contributed by atoms with Gasteiger partial charge in [-0.15, -0.1) is 5.10 Å². The highest BCUT2D eigenvalue weighted by molar-refractivity contribution is 5.31. The van der Waals surface area contributed by atoms with Gasteiger partial charge in [0, 0.05) is 12.7 Å². The van der Waals surface area contributed by atoms with Gasteiger partial charge in [-0.2, -0.15) is 5.10 Å². The highest BCUT2D eigenvalue weighted by Gasteiger charge is 2.08. The maximum absolute atomic E-state index is 3.94. The Labute approximate surface area is 79.6 Å². The van der Waals surface area contributed by atoms with Crippen LogP contribution >= 0.6 is 0 Å². The fraction of sp³-hybridized carbons (Fsp3) is 0.600. The highest BCUT2D eigenvalue weighted by Crippen LogP contribution is 2.17. The molecule has 0 aliphatic carbocycles. The molecule has 13 heavy (non-hydrogen) atoms. The van der Waals surface area contributed by atoms with Gasteiger partial charge in [0.25, 0.3) is 0 Å². The molecular formula is C10H17N3. The lowest BCUT2D eigenvalue weighted by molar-refractivity contribution is 0.389. The largest absolute Gasteiger partial charge is 0.369 e. The van der Waals surface area contributed by atoms with E-state index in [0.29, 0.717) is 5.41 Å². The van der Waals surface area contributed by atoms with E-state index in [1.54, 1.807) is 6.20 Å². The van der Waals surface area contributed by atoms with Crippen LogP contribution in [-0.2, 0) is 0 Å². The summed E-state index contributed by atoms with van der Waals surface area (Å²) in [5, 5.41) is 11.0. The molecule has 0 aliphatic rings. The van der Waals surface area contributed by atoms with E-state index in [-0.39, 0.29) is 0 Å². The summed E-state index contributed by atoms with van der Waals surface area (Å²) in [5.41, 5.74) is 0.370. The molecule has 3 heteroatoms. The van der Waals surface area contributed by atoms with Gasteiger partial charge < -0.3 is 5.32 Å². The molecule has 0 saturated heterocycles. The van der Waals surface area contributed by atoms with Crippen molar-refractivity contribution < 1.29 is 0 Å². The van der Waals surface area contributed by atoms with Crippen molar-refractivity contribution in [2.24, 2.45) is 5.41 Å².